The number of hydrogen-bond donors (Lipinski definition) is 1. The number of carbonyl (C=O) groups is 2. The largest absolute Gasteiger partial charge is 0.426 e. The highest BCUT2D eigenvalue weighted by atomic mass is 35.5. The van der Waals surface area contributed by atoms with Gasteiger partial charge in [0, 0.05) is 22.7 Å². The number of amides is 1. The minimum Gasteiger partial charge on any atom is -0.426 e. The molecule has 0 aliphatic heterocycles. The number of esters is 1. The summed E-state index contributed by atoms with van der Waals surface area (Å²) >= 11 is 11.8. The Morgan fingerprint density at radius 1 is 1.09 bits per heavy atom. The van der Waals surface area contributed by atoms with Crippen LogP contribution in [-0.2, 0) is 16.0 Å². The van der Waals surface area contributed by atoms with Crippen LogP contribution in [-0.4, -0.2) is 11.9 Å². The van der Waals surface area contributed by atoms with Crippen LogP contribution < -0.4 is 10.1 Å². The Morgan fingerprint density at radius 2 is 1.77 bits per heavy atom. The van der Waals surface area contributed by atoms with Crippen LogP contribution in [0.3, 0.4) is 0 Å². The van der Waals surface area contributed by atoms with Gasteiger partial charge in [0.25, 0.3) is 0 Å². The molecule has 0 spiro atoms. The quantitative estimate of drug-likeness (QED) is 0.674. The van der Waals surface area contributed by atoms with Crippen molar-refractivity contribution < 1.29 is 14.3 Å². The molecule has 1 N–H and O–H groups in total. The Hall–Kier alpha value is -2.04. The standard InChI is InChI=1S/C16H13Cl2NO3/c1-10(20)19-13-4-6-14(7-5-13)22-16(21)8-11-2-3-12(17)9-15(11)18/h2-7,9H,8H2,1H3,(H,19,20). The maximum absolute atomic E-state index is 11.9. The van der Waals surface area contributed by atoms with Crippen LogP contribution in [0.25, 0.3) is 0 Å². The van der Waals surface area contributed by atoms with E-state index >= 15 is 0 Å². The lowest BCUT2D eigenvalue weighted by atomic mass is 10.1. The summed E-state index contributed by atoms with van der Waals surface area (Å²) < 4.78 is 5.22. The number of benzene rings is 2. The lowest BCUT2D eigenvalue weighted by molar-refractivity contribution is -0.133. The van der Waals surface area contributed by atoms with Crippen LogP contribution in [0.15, 0.2) is 42.5 Å². The summed E-state index contributed by atoms with van der Waals surface area (Å²) in [5.41, 5.74) is 1.28. The first-order valence-corrected chi connectivity index (χ1v) is 7.22. The Kier molecular flexibility index (Phi) is 5.41. The smallest absolute Gasteiger partial charge is 0.315 e. The summed E-state index contributed by atoms with van der Waals surface area (Å²) in [4.78, 5) is 22.8. The normalized spacial score (nSPS) is 10.1. The highest BCUT2D eigenvalue weighted by Crippen LogP contribution is 2.22. The summed E-state index contributed by atoms with van der Waals surface area (Å²) in [5.74, 6) is -0.206. The molecule has 4 nitrogen and oxygen atoms in total. The van der Waals surface area contributed by atoms with E-state index < -0.39 is 5.97 Å². The molecule has 0 fully saturated rings. The molecule has 0 atom stereocenters. The second-order valence-corrected chi connectivity index (χ2v) is 5.44. The maximum Gasteiger partial charge on any atom is 0.315 e. The van der Waals surface area contributed by atoms with E-state index in [-0.39, 0.29) is 12.3 Å². The van der Waals surface area contributed by atoms with Gasteiger partial charge in [0.1, 0.15) is 5.75 Å². The van der Waals surface area contributed by atoms with Gasteiger partial charge in [0.15, 0.2) is 0 Å². The first-order chi connectivity index (χ1) is 10.4. The molecule has 0 saturated carbocycles. The summed E-state index contributed by atoms with van der Waals surface area (Å²) in [7, 11) is 0. The summed E-state index contributed by atoms with van der Waals surface area (Å²) in [5, 5.41) is 3.56. The molecular formula is C16H13Cl2NO3. The van der Waals surface area contributed by atoms with E-state index in [0.717, 1.165) is 0 Å². The number of carbonyl (C=O) groups excluding carboxylic acids is 2. The fourth-order valence-corrected chi connectivity index (χ4v) is 2.27. The molecule has 0 unspecified atom stereocenters. The van der Waals surface area contributed by atoms with E-state index in [2.05, 4.69) is 5.32 Å². The number of hydrogen-bond acceptors (Lipinski definition) is 3. The van der Waals surface area contributed by atoms with Crippen molar-refractivity contribution in [2.24, 2.45) is 0 Å². The van der Waals surface area contributed by atoms with Gasteiger partial charge in [-0.2, -0.15) is 0 Å². The molecule has 0 aliphatic rings. The fourth-order valence-electron chi connectivity index (χ4n) is 1.80. The third kappa shape index (κ3) is 4.76. The summed E-state index contributed by atoms with van der Waals surface area (Å²) in [6.45, 7) is 1.42. The van der Waals surface area contributed by atoms with E-state index in [9.17, 15) is 9.59 Å². The fraction of sp³-hybridized carbons (Fsp3) is 0.125. The second-order valence-electron chi connectivity index (χ2n) is 4.59. The van der Waals surface area contributed by atoms with E-state index in [1.165, 1.54) is 6.92 Å². The van der Waals surface area contributed by atoms with Gasteiger partial charge in [-0.05, 0) is 42.0 Å². The van der Waals surface area contributed by atoms with Crippen LogP contribution >= 0.6 is 23.2 Å². The SMILES string of the molecule is CC(=O)Nc1ccc(OC(=O)Cc2ccc(Cl)cc2Cl)cc1. The van der Waals surface area contributed by atoms with E-state index in [1.807, 2.05) is 0 Å². The zero-order chi connectivity index (χ0) is 16.1. The number of ether oxygens (including phenoxy) is 1. The molecule has 1 amide bonds. The lowest BCUT2D eigenvalue weighted by Gasteiger charge is -2.07. The zero-order valence-electron chi connectivity index (χ0n) is 11.7. The monoisotopic (exact) mass is 337 g/mol. The van der Waals surface area contributed by atoms with Gasteiger partial charge < -0.3 is 10.1 Å². The lowest BCUT2D eigenvalue weighted by Crippen LogP contribution is -2.11. The van der Waals surface area contributed by atoms with Crippen LogP contribution in [0.4, 0.5) is 5.69 Å². The van der Waals surface area contributed by atoms with E-state index in [0.29, 0.717) is 27.0 Å². The topological polar surface area (TPSA) is 55.4 Å². The molecule has 114 valence electrons. The van der Waals surface area contributed by atoms with Crippen molar-refractivity contribution in [2.45, 2.75) is 13.3 Å². The zero-order valence-corrected chi connectivity index (χ0v) is 13.2. The van der Waals surface area contributed by atoms with Crippen molar-refractivity contribution in [3.63, 3.8) is 0 Å². The predicted molar refractivity (Wildman–Crippen MR) is 86.5 cm³/mol. The molecule has 0 aliphatic carbocycles. The van der Waals surface area contributed by atoms with Crippen LogP contribution in [0.5, 0.6) is 5.75 Å². The van der Waals surface area contributed by atoms with Crippen molar-refractivity contribution in [1.82, 2.24) is 0 Å². The second kappa shape index (κ2) is 7.29. The third-order valence-electron chi connectivity index (χ3n) is 2.76. The first-order valence-electron chi connectivity index (χ1n) is 6.46. The number of halogens is 2. The Balaban J connectivity index is 1.98. The van der Waals surface area contributed by atoms with Crippen molar-refractivity contribution in [1.29, 1.82) is 0 Å². The Labute approximate surface area is 138 Å². The van der Waals surface area contributed by atoms with Gasteiger partial charge in [-0.3, -0.25) is 9.59 Å². The van der Waals surface area contributed by atoms with Gasteiger partial charge >= 0.3 is 5.97 Å². The highest BCUT2D eigenvalue weighted by molar-refractivity contribution is 6.35. The minimum atomic E-state index is -0.434. The Morgan fingerprint density at radius 3 is 2.36 bits per heavy atom. The van der Waals surface area contributed by atoms with Crippen LogP contribution in [0, 0.1) is 0 Å². The molecule has 0 bridgehead atoms. The van der Waals surface area contributed by atoms with E-state index in [1.54, 1.807) is 42.5 Å². The van der Waals surface area contributed by atoms with Gasteiger partial charge in [-0.25, -0.2) is 0 Å². The van der Waals surface area contributed by atoms with Crippen molar-refractivity contribution in [3.8, 4) is 5.75 Å². The van der Waals surface area contributed by atoms with Crippen molar-refractivity contribution in [2.75, 3.05) is 5.32 Å². The molecule has 0 heterocycles. The molecular weight excluding hydrogens is 325 g/mol. The molecule has 2 aromatic rings. The minimum absolute atomic E-state index is 0.0451. The predicted octanol–water partition coefficient (Wildman–Crippen LogP) is 4.10. The van der Waals surface area contributed by atoms with Crippen molar-refractivity contribution in [3.05, 3.63) is 58.1 Å². The van der Waals surface area contributed by atoms with E-state index in [4.69, 9.17) is 27.9 Å². The van der Waals surface area contributed by atoms with Gasteiger partial charge in [0.2, 0.25) is 5.91 Å². The van der Waals surface area contributed by atoms with Crippen molar-refractivity contribution >= 4 is 40.8 Å². The molecule has 6 heteroatoms. The summed E-state index contributed by atoms with van der Waals surface area (Å²) in [6, 6.07) is 11.4. The van der Waals surface area contributed by atoms with Gasteiger partial charge in [-0.1, -0.05) is 29.3 Å². The number of anilines is 1. The highest BCUT2D eigenvalue weighted by Gasteiger charge is 2.10. The molecule has 22 heavy (non-hydrogen) atoms. The van der Waals surface area contributed by atoms with Crippen LogP contribution in [0.2, 0.25) is 10.0 Å². The molecule has 0 radical (unpaired) electrons. The molecule has 2 aromatic carbocycles. The average Bonchev–Trinajstić information content (AvgIpc) is 2.43. The molecule has 0 saturated heterocycles. The first kappa shape index (κ1) is 16.3. The maximum atomic E-state index is 11.9. The van der Waals surface area contributed by atoms with Crippen LogP contribution in [0.1, 0.15) is 12.5 Å². The summed E-state index contributed by atoms with van der Waals surface area (Å²) in [6.07, 6.45) is 0.0451. The molecule has 2 rings (SSSR count). The Bertz CT molecular complexity index is 699. The van der Waals surface area contributed by atoms with Gasteiger partial charge in [0.05, 0.1) is 6.42 Å². The van der Waals surface area contributed by atoms with Gasteiger partial charge in [-0.15, -0.1) is 0 Å². The average molecular weight is 338 g/mol. The third-order valence-corrected chi connectivity index (χ3v) is 3.34. The molecule has 0 aromatic heterocycles. The number of rotatable bonds is 4. The number of nitrogens with one attached hydrogen (secondary N) is 1.